The highest BCUT2D eigenvalue weighted by molar-refractivity contribution is 5.74. The van der Waals surface area contributed by atoms with Gasteiger partial charge in [-0.2, -0.15) is 0 Å². The first-order valence-electron chi connectivity index (χ1n) is 6.74. The SMILES string of the molecule is CC(C)(CCc1ccc2[nH]c(=O)c(=O)[nH]c2c1)CC(=O)O. The van der Waals surface area contributed by atoms with Crippen LogP contribution < -0.4 is 11.1 Å². The van der Waals surface area contributed by atoms with Crippen LogP contribution in [0.1, 0.15) is 32.3 Å². The Morgan fingerprint density at radius 2 is 1.76 bits per heavy atom. The summed E-state index contributed by atoms with van der Waals surface area (Å²) >= 11 is 0. The van der Waals surface area contributed by atoms with E-state index in [1.54, 1.807) is 6.07 Å². The lowest BCUT2D eigenvalue weighted by Gasteiger charge is -2.22. The van der Waals surface area contributed by atoms with Gasteiger partial charge in [0, 0.05) is 0 Å². The van der Waals surface area contributed by atoms with E-state index < -0.39 is 17.1 Å². The number of hydrogen-bond acceptors (Lipinski definition) is 3. The Labute approximate surface area is 120 Å². The highest BCUT2D eigenvalue weighted by Gasteiger charge is 2.21. The fraction of sp³-hybridized carbons (Fsp3) is 0.400. The number of carbonyl (C=O) groups is 1. The monoisotopic (exact) mass is 290 g/mol. The van der Waals surface area contributed by atoms with E-state index in [4.69, 9.17) is 5.11 Å². The largest absolute Gasteiger partial charge is 0.481 e. The minimum atomic E-state index is -0.805. The molecule has 112 valence electrons. The Morgan fingerprint density at radius 3 is 2.38 bits per heavy atom. The highest BCUT2D eigenvalue weighted by Crippen LogP contribution is 2.27. The molecular formula is C15H18N2O4. The van der Waals surface area contributed by atoms with E-state index in [9.17, 15) is 14.4 Å². The van der Waals surface area contributed by atoms with E-state index in [1.807, 2.05) is 26.0 Å². The van der Waals surface area contributed by atoms with Gasteiger partial charge < -0.3 is 15.1 Å². The summed E-state index contributed by atoms with van der Waals surface area (Å²) in [5, 5.41) is 8.87. The standard InChI is InChI=1S/C15H18N2O4/c1-15(2,8-12(18)19)6-5-9-3-4-10-11(7-9)17-14(21)13(20)16-10/h3-4,7H,5-6,8H2,1-2H3,(H,16,20)(H,17,21)(H,18,19). The van der Waals surface area contributed by atoms with Gasteiger partial charge in [0.05, 0.1) is 17.5 Å². The summed E-state index contributed by atoms with van der Waals surface area (Å²) in [5.74, 6) is -0.805. The highest BCUT2D eigenvalue weighted by atomic mass is 16.4. The number of carboxylic acids is 1. The smallest absolute Gasteiger partial charge is 0.314 e. The van der Waals surface area contributed by atoms with Crippen LogP contribution in [0, 0.1) is 5.41 Å². The Morgan fingerprint density at radius 1 is 1.14 bits per heavy atom. The van der Waals surface area contributed by atoms with Crippen molar-refractivity contribution in [2.45, 2.75) is 33.1 Å². The van der Waals surface area contributed by atoms with Gasteiger partial charge in [0.25, 0.3) is 0 Å². The first-order chi connectivity index (χ1) is 9.77. The number of rotatable bonds is 5. The number of fused-ring (bicyclic) bond motifs is 1. The molecular weight excluding hydrogens is 272 g/mol. The molecule has 0 unspecified atom stereocenters. The molecule has 6 heteroatoms. The predicted octanol–water partition coefficient (Wildman–Crippen LogP) is 1.65. The van der Waals surface area contributed by atoms with Gasteiger partial charge in [-0.1, -0.05) is 19.9 Å². The van der Waals surface area contributed by atoms with Gasteiger partial charge in [-0.3, -0.25) is 14.4 Å². The molecule has 1 heterocycles. The summed E-state index contributed by atoms with van der Waals surface area (Å²) < 4.78 is 0. The third-order valence-electron chi connectivity index (χ3n) is 3.51. The van der Waals surface area contributed by atoms with Crippen LogP contribution in [0.2, 0.25) is 0 Å². The average molecular weight is 290 g/mol. The molecule has 0 aliphatic carbocycles. The van der Waals surface area contributed by atoms with E-state index >= 15 is 0 Å². The molecule has 1 aromatic heterocycles. The van der Waals surface area contributed by atoms with Crippen LogP contribution >= 0.6 is 0 Å². The number of nitrogens with one attached hydrogen (secondary N) is 2. The van der Waals surface area contributed by atoms with E-state index in [1.165, 1.54) is 0 Å². The molecule has 6 nitrogen and oxygen atoms in total. The second-order valence-corrected chi connectivity index (χ2v) is 6.02. The minimum absolute atomic E-state index is 0.116. The van der Waals surface area contributed by atoms with E-state index in [-0.39, 0.29) is 11.8 Å². The first-order valence-corrected chi connectivity index (χ1v) is 6.74. The van der Waals surface area contributed by atoms with E-state index in [2.05, 4.69) is 9.97 Å². The Balaban J connectivity index is 2.20. The Bertz CT molecular complexity index is 786. The minimum Gasteiger partial charge on any atom is -0.481 e. The summed E-state index contributed by atoms with van der Waals surface area (Å²) in [5.41, 5.74) is 0.507. The van der Waals surface area contributed by atoms with Crippen molar-refractivity contribution in [2.75, 3.05) is 0 Å². The van der Waals surface area contributed by atoms with Gasteiger partial charge in [-0.15, -0.1) is 0 Å². The van der Waals surface area contributed by atoms with Crippen molar-refractivity contribution >= 4 is 17.0 Å². The van der Waals surface area contributed by atoms with Crippen LogP contribution in [0.5, 0.6) is 0 Å². The second kappa shape index (κ2) is 5.55. The number of hydrogen-bond donors (Lipinski definition) is 3. The fourth-order valence-electron chi connectivity index (χ4n) is 2.30. The molecule has 0 aliphatic rings. The van der Waals surface area contributed by atoms with Gasteiger partial charge >= 0.3 is 17.1 Å². The number of H-pyrrole nitrogens is 2. The van der Waals surface area contributed by atoms with Crippen LogP contribution in [0.4, 0.5) is 0 Å². The summed E-state index contributed by atoms with van der Waals surface area (Å²) in [6, 6.07) is 5.42. The number of benzene rings is 1. The zero-order valence-electron chi connectivity index (χ0n) is 12.0. The maximum Gasteiger partial charge on any atom is 0.314 e. The van der Waals surface area contributed by atoms with Crippen LogP contribution in [0.25, 0.3) is 11.0 Å². The van der Waals surface area contributed by atoms with Crippen molar-refractivity contribution < 1.29 is 9.90 Å². The topological polar surface area (TPSA) is 103 Å². The van der Waals surface area contributed by atoms with E-state index in [0.717, 1.165) is 12.0 Å². The molecule has 2 rings (SSSR count). The zero-order chi connectivity index (χ0) is 15.6. The molecule has 0 atom stereocenters. The molecule has 0 saturated carbocycles. The Kier molecular flexibility index (Phi) is 3.97. The number of aromatic nitrogens is 2. The van der Waals surface area contributed by atoms with Crippen molar-refractivity contribution in [1.29, 1.82) is 0 Å². The molecule has 0 fully saturated rings. The molecule has 0 saturated heterocycles. The second-order valence-electron chi connectivity index (χ2n) is 6.02. The van der Waals surface area contributed by atoms with Gasteiger partial charge in [0.2, 0.25) is 0 Å². The number of aliphatic carboxylic acids is 1. The van der Waals surface area contributed by atoms with Crippen LogP contribution in [-0.4, -0.2) is 21.0 Å². The summed E-state index contributed by atoms with van der Waals surface area (Å²) in [7, 11) is 0. The first kappa shape index (κ1) is 15.0. The molecule has 2 aromatic rings. The maximum atomic E-state index is 11.3. The molecule has 0 amide bonds. The quantitative estimate of drug-likeness (QED) is 0.728. The number of carboxylic acid groups (broad SMARTS) is 1. The van der Waals surface area contributed by atoms with Gasteiger partial charge in [0.1, 0.15) is 0 Å². The molecule has 0 bridgehead atoms. The third kappa shape index (κ3) is 3.81. The van der Waals surface area contributed by atoms with Crippen molar-refractivity contribution in [3.8, 4) is 0 Å². The lowest BCUT2D eigenvalue weighted by atomic mass is 9.83. The van der Waals surface area contributed by atoms with Crippen LogP contribution in [0.3, 0.4) is 0 Å². The van der Waals surface area contributed by atoms with Crippen molar-refractivity contribution in [1.82, 2.24) is 9.97 Å². The molecule has 0 radical (unpaired) electrons. The summed E-state index contributed by atoms with van der Waals surface area (Å²) in [6.45, 7) is 3.84. The molecule has 1 aromatic carbocycles. The van der Waals surface area contributed by atoms with Crippen LogP contribution in [-0.2, 0) is 11.2 Å². The van der Waals surface area contributed by atoms with Gasteiger partial charge in [-0.05, 0) is 36.0 Å². The van der Waals surface area contributed by atoms with Crippen molar-refractivity contribution in [2.24, 2.45) is 5.41 Å². The lowest BCUT2D eigenvalue weighted by molar-refractivity contribution is -0.139. The van der Waals surface area contributed by atoms with Gasteiger partial charge in [-0.25, -0.2) is 0 Å². The van der Waals surface area contributed by atoms with Crippen molar-refractivity contribution in [3.63, 3.8) is 0 Å². The molecule has 0 aliphatic heterocycles. The molecule has 21 heavy (non-hydrogen) atoms. The molecule has 3 N–H and O–H groups in total. The van der Waals surface area contributed by atoms with Gasteiger partial charge in [0.15, 0.2) is 0 Å². The number of aryl methyl sites for hydroxylation is 1. The predicted molar refractivity (Wildman–Crippen MR) is 79.5 cm³/mol. The number of aromatic amines is 2. The lowest BCUT2D eigenvalue weighted by Crippen LogP contribution is -2.28. The van der Waals surface area contributed by atoms with Crippen LogP contribution in [0.15, 0.2) is 27.8 Å². The average Bonchev–Trinajstić information content (AvgIpc) is 2.36. The normalized spacial score (nSPS) is 11.7. The summed E-state index contributed by atoms with van der Waals surface area (Å²) in [4.78, 5) is 38.4. The summed E-state index contributed by atoms with van der Waals surface area (Å²) in [6.07, 6.45) is 1.54. The maximum absolute atomic E-state index is 11.3. The zero-order valence-corrected chi connectivity index (χ0v) is 12.0. The van der Waals surface area contributed by atoms with Crippen molar-refractivity contribution in [3.05, 3.63) is 44.5 Å². The molecule has 0 spiro atoms. The Hall–Kier alpha value is -2.37. The fourth-order valence-corrected chi connectivity index (χ4v) is 2.30. The third-order valence-corrected chi connectivity index (χ3v) is 3.51. The van der Waals surface area contributed by atoms with E-state index in [0.29, 0.717) is 17.5 Å².